The Morgan fingerprint density at radius 3 is 3.08 bits per heavy atom. The second kappa shape index (κ2) is 7.15. The number of nitrogens with zero attached hydrogens (tertiary/aromatic N) is 2. The van der Waals surface area contributed by atoms with Crippen molar-refractivity contribution in [2.24, 2.45) is 0 Å². The van der Waals surface area contributed by atoms with Crippen molar-refractivity contribution in [3.63, 3.8) is 0 Å². The summed E-state index contributed by atoms with van der Waals surface area (Å²) in [6, 6.07) is 8.15. The number of morpholine rings is 1. The number of rotatable bonds is 5. The van der Waals surface area contributed by atoms with Crippen molar-refractivity contribution < 1.29 is 14.6 Å². The molecule has 128 valence electrons. The molecule has 0 saturated carbocycles. The van der Waals surface area contributed by atoms with Crippen LogP contribution in [0.5, 0.6) is 0 Å². The maximum atomic E-state index is 12.5. The third-order valence-electron chi connectivity index (χ3n) is 4.39. The minimum absolute atomic E-state index is 0.0182. The molecule has 1 atom stereocenters. The summed E-state index contributed by atoms with van der Waals surface area (Å²) in [6.45, 7) is 3.29. The van der Waals surface area contributed by atoms with Gasteiger partial charge in [-0.3, -0.25) is 4.79 Å². The number of aromatic nitrogens is 2. The van der Waals surface area contributed by atoms with Gasteiger partial charge in [0.15, 0.2) is 0 Å². The lowest BCUT2D eigenvalue weighted by Crippen LogP contribution is -2.57. The lowest BCUT2D eigenvalue weighted by molar-refractivity contribution is -0.157. The molecule has 0 spiro atoms. The molecule has 1 fully saturated rings. The Kier molecular flexibility index (Phi) is 4.97. The summed E-state index contributed by atoms with van der Waals surface area (Å²) in [5.41, 5.74) is 2.32. The fourth-order valence-electron chi connectivity index (χ4n) is 3.17. The van der Waals surface area contributed by atoms with Gasteiger partial charge in [-0.1, -0.05) is 29.8 Å². The van der Waals surface area contributed by atoms with Crippen LogP contribution >= 0.6 is 0 Å². The molecule has 2 N–H and O–H groups in total. The van der Waals surface area contributed by atoms with Gasteiger partial charge in [0.25, 0.3) is 0 Å². The summed E-state index contributed by atoms with van der Waals surface area (Å²) >= 11 is 0. The van der Waals surface area contributed by atoms with Gasteiger partial charge < -0.3 is 19.7 Å². The number of ether oxygens (including phenoxy) is 1. The highest BCUT2D eigenvalue weighted by Crippen LogP contribution is 2.24. The van der Waals surface area contributed by atoms with Crippen molar-refractivity contribution in [2.75, 3.05) is 26.3 Å². The summed E-state index contributed by atoms with van der Waals surface area (Å²) in [7, 11) is 0. The summed E-state index contributed by atoms with van der Waals surface area (Å²) in [4.78, 5) is 21.2. The topological polar surface area (TPSA) is 78.5 Å². The third-order valence-corrected chi connectivity index (χ3v) is 4.39. The quantitative estimate of drug-likeness (QED) is 0.861. The molecule has 0 aliphatic carbocycles. The van der Waals surface area contributed by atoms with E-state index >= 15 is 0 Å². The molecule has 1 amide bonds. The number of amides is 1. The molecule has 0 radical (unpaired) electrons. The van der Waals surface area contributed by atoms with E-state index in [9.17, 15) is 9.90 Å². The van der Waals surface area contributed by atoms with Crippen LogP contribution in [0.15, 0.2) is 36.8 Å². The van der Waals surface area contributed by atoms with Crippen molar-refractivity contribution in [1.82, 2.24) is 14.9 Å². The number of carbonyl (C=O) groups is 1. The first-order chi connectivity index (χ1) is 11.6. The van der Waals surface area contributed by atoms with Gasteiger partial charge in [0.05, 0.1) is 32.5 Å². The molecule has 1 aromatic carbocycles. The number of benzene rings is 1. The summed E-state index contributed by atoms with van der Waals surface area (Å²) in [6.07, 6.45) is 4.09. The van der Waals surface area contributed by atoms with Crippen molar-refractivity contribution in [2.45, 2.75) is 25.4 Å². The fourth-order valence-corrected chi connectivity index (χ4v) is 3.17. The zero-order valence-corrected chi connectivity index (χ0v) is 13.9. The lowest BCUT2D eigenvalue weighted by atomic mass is 9.92. The van der Waals surface area contributed by atoms with Crippen LogP contribution in [0.2, 0.25) is 0 Å². The molecule has 1 aromatic heterocycles. The molecule has 24 heavy (non-hydrogen) atoms. The highest BCUT2D eigenvalue weighted by molar-refractivity contribution is 5.78. The van der Waals surface area contributed by atoms with Crippen molar-refractivity contribution in [3.05, 3.63) is 53.6 Å². The van der Waals surface area contributed by atoms with Gasteiger partial charge in [0.1, 0.15) is 5.60 Å². The molecule has 1 unspecified atom stereocenters. The molecule has 0 bridgehead atoms. The molecule has 6 heteroatoms. The zero-order chi connectivity index (χ0) is 17.0. The number of hydrogen-bond acceptors (Lipinski definition) is 4. The average molecular weight is 329 g/mol. The van der Waals surface area contributed by atoms with Crippen LogP contribution in [0.25, 0.3) is 0 Å². The number of aliphatic hydroxyl groups excluding tert-OH is 1. The Bertz CT molecular complexity index is 687. The summed E-state index contributed by atoms with van der Waals surface area (Å²) in [5, 5.41) is 9.95. The maximum absolute atomic E-state index is 12.5. The molecular formula is C18H23N3O3. The number of aromatic amines is 1. The molecule has 3 rings (SSSR count). The van der Waals surface area contributed by atoms with Gasteiger partial charge >= 0.3 is 0 Å². The van der Waals surface area contributed by atoms with Gasteiger partial charge in [0.2, 0.25) is 5.91 Å². The molecular weight excluding hydrogens is 306 g/mol. The van der Waals surface area contributed by atoms with E-state index in [1.54, 1.807) is 17.4 Å². The van der Waals surface area contributed by atoms with Crippen LogP contribution in [-0.2, 0) is 22.4 Å². The van der Waals surface area contributed by atoms with Gasteiger partial charge in [-0.25, -0.2) is 4.98 Å². The standard InChI is InChI=1S/C18H23N3O3/c1-14-3-2-4-15(7-14)9-18(12-22)11-21(5-6-24-18)17(23)8-16-10-19-13-20-16/h2-4,7,10,13,22H,5-6,8-9,11-12H2,1H3,(H,19,20). The van der Waals surface area contributed by atoms with Gasteiger partial charge in [-0.15, -0.1) is 0 Å². The molecule has 1 aliphatic rings. The van der Waals surface area contributed by atoms with Crippen LogP contribution in [0, 0.1) is 6.92 Å². The van der Waals surface area contributed by atoms with E-state index in [1.165, 1.54) is 5.56 Å². The van der Waals surface area contributed by atoms with E-state index in [0.717, 1.165) is 11.3 Å². The normalized spacial score (nSPS) is 21.0. The minimum atomic E-state index is -0.740. The van der Waals surface area contributed by atoms with Gasteiger partial charge in [-0.05, 0) is 12.5 Å². The van der Waals surface area contributed by atoms with Crippen molar-refractivity contribution >= 4 is 5.91 Å². The first-order valence-electron chi connectivity index (χ1n) is 8.16. The molecule has 1 saturated heterocycles. The van der Waals surface area contributed by atoms with Crippen molar-refractivity contribution in [1.29, 1.82) is 0 Å². The van der Waals surface area contributed by atoms with Crippen LogP contribution in [0.1, 0.15) is 16.8 Å². The second-order valence-corrected chi connectivity index (χ2v) is 6.42. The second-order valence-electron chi connectivity index (χ2n) is 6.42. The molecule has 2 aromatic rings. The van der Waals surface area contributed by atoms with E-state index in [-0.39, 0.29) is 18.9 Å². The van der Waals surface area contributed by atoms with Gasteiger partial charge in [-0.2, -0.15) is 0 Å². The van der Waals surface area contributed by atoms with Crippen molar-refractivity contribution in [3.8, 4) is 0 Å². The van der Waals surface area contributed by atoms with E-state index in [2.05, 4.69) is 16.0 Å². The molecule has 1 aliphatic heterocycles. The largest absolute Gasteiger partial charge is 0.393 e. The number of nitrogens with one attached hydrogen (secondary N) is 1. The smallest absolute Gasteiger partial charge is 0.228 e. The Labute approximate surface area is 141 Å². The van der Waals surface area contributed by atoms with Crippen LogP contribution in [0.4, 0.5) is 0 Å². The lowest BCUT2D eigenvalue weighted by Gasteiger charge is -2.42. The first kappa shape index (κ1) is 16.7. The Balaban J connectivity index is 1.70. The zero-order valence-electron chi connectivity index (χ0n) is 13.9. The molecule has 2 heterocycles. The van der Waals surface area contributed by atoms with Crippen LogP contribution in [0.3, 0.4) is 0 Å². The minimum Gasteiger partial charge on any atom is -0.393 e. The van der Waals surface area contributed by atoms with Crippen LogP contribution < -0.4 is 0 Å². The first-order valence-corrected chi connectivity index (χ1v) is 8.16. The predicted molar refractivity (Wildman–Crippen MR) is 89.5 cm³/mol. The SMILES string of the molecule is Cc1cccc(CC2(CO)CN(C(=O)Cc3cnc[nH]3)CCO2)c1. The maximum Gasteiger partial charge on any atom is 0.228 e. The van der Waals surface area contributed by atoms with E-state index in [0.29, 0.717) is 26.1 Å². The monoisotopic (exact) mass is 329 g/mol. The molecule has 6 nitrogen and oxygen atoms in total. The number of imidazole rings is 1. The third kappa shape index (κ3) is 3.83. The number of carbonyl (C=O) groups excluding carboxylic acids is 1. The number of aryl methyl sites for hydroxylation is 1. The number of hydrogen-bond donors (Lipinski definition) is 2. The fraction of sp³-hybridized carbons (Fsp3) is 0.444. The highest BCUT2D eigenvalue weighted by atomic mass is 16.5. The summed E-state index contributed by atoms with van der Waals surface area (Å²) < 4.78 is 5.91. The Hall–Kier alpha value is -2.18. The number of aliphatic hydroxyl groups is 1. The highest BCUT2D eigenvalue weighted by Gasteiger charge is 2.38. The predicted octanol–water partition coefficient (Wildman–Crippen LogP) is 1.09. The van der Waals surface area contributed by atoms with Crippen LogP contribution in [-0.4, -0.2) is 57.8 Å². The average Bonchev–Trinajstić information content (AvgIpc) is 3.08. The van der Waals surface area contributed by atoms with Gasteiger partial charge in [0, 0.05) is 24.9 Å². The Morgan fingerprint density at radius 1 is 1.50 bits per heavy atom. The van der Waals surface area contributed by atoms with E-state index in [1.807, 2.05) is 25.1 Å². The number of H-pyrrole nitrogens is 1. The summed E-state index contributed by atoms with van der Waals surface area (Å²) in [5.74, 6) is 0.0182. The van der Waals surface area contributed by atoms with E-state index in [4.69, 9.17) is 4.74 Å². The Morgan fingerprint density at radius 2 is 2.38 bits per heavy atom. The van der Waals surface area contributed by atoms with E-state index < -0.39 is 5.60 Å².